The van der Waals surface area contributed by atoms with Crippen LogP contribution in [0.4, 0.5) is 5.69 Å². The molecule has 0 amide bonds. The van der Waals surface area contributed by atoms with Crippen molar-refractivity contribution in [2.75, 3.05) is 5.73 Å². The molecule has 0 aliphatic carbocycles. The van der Waals surface area contributed by atoms with Crippen molar-refractivity contribution >= 4 is 27.5 Å². The highest BCUT2D eigenvalue weighted by atomic mass is 14.7. The van der Waals surface area contributed by atoms with Crippen molar-refractivity contribution < 1.29 is 0 Å². The third kappa shape index (κ3) is 1.13. The molecule has 3 nitrogen and oxygen atoms in total. The van der Waals surface area contributed by atoms with E-state index in [0.29, 0.717) is 5.69 Å². The Morgan fingerprint density at radius 1 is 0.933 bits per heavy atom. The van der Waals surface area contributed by atoms with E-state index in [1.807, 2.05) is 30.3 Å². The number of para-hydroxylation sites is 1. The molecule has 72 valence electrons. The summed E-state index contributed by atoms with van der Waals surface area (Å²) in [4.78, 5) is 8.70. The first-order valence-electron chi connectivity index (χ1n) is 4.74. The van der Waals surface area contributed by atoms with E-state index in [4.69, 9.17) is 5.73 Å². The molecule has 2 N–H and O–H groups in total. The number of nitrogens with zero attached hydrogens (tertiary/aromatic N) is 2. The predicted molar refractivity (Wildman–Crippen MR) is 61.5 cm³/mol. The lowest BCUT2D eigenvalue weighted by Crippen LogP contribution is -1.90. The van der Waals surface area contributed by atoms with Crippen molar-refractivity contribution in [1.29, 1.82) is 0 Å². The molecule has 2 aromatic heterocycles. The number of hydrogen-bond donors (Lipinski definition) is 1. The zero-order valence-corrected chi connectivity index (χ0v) is 8.01. The Kier molecular flexibility index (Phi) is 1.59. The number of rotatable bonds is 0. The number of benzene rings is 1. The molecule has 0 atom stereocenters. The van der Waals surface area contributed by atoms with Gasteiger partial charge in [-0.2, -0.15) is 0 Å². The molecule has 15 heavy (non-hydrogen) atoms. The molecule has 3 aromatic rings. The van der Waals surface area contributed by atoms with E-state index in [0.717, 1.165) is 21.8 Å². The van der Waals surface area contributed by atoms with E-state index < -0.39 is 0 Å². The van der Waals surface area contributed by atoms with Gasteiger partial charge in [-0.15, -0.1) is 0 Å². The van der Waals surface area contributed by atoms with E-state index in [9.17, 15) is 0 Å². The van der Waals surface area contributed by atoms with Gasteiger partial charge < -0.3 is 5.73 Å². The highest BCUT2D eigenvalue weighted by Gasteiger charge is 2.03. The summed E-state index contributed by atoms with van der Waals surface area (Å²) in [7, 11) is 0. The molecule has 3 heteroatoms. The van der Waals surface area contributed by atoms with Crippen LogP contribution in [0.3, 0.4) is 0 Å². The molecule has 0 bridgehead atoms. The molecule has 3 rings (SSSR count). The SMILES string of the molecule is Nc1cccc2c1ncc1cccnc12. The van der Waals surface area contributed by atoms with E-state index in [1.165, 1.54) is 0 Å². The van der Waals surface area contributed by atoms with Crippen LogP contribution in [0.2, 0.25) is 0 Å². The number of hydrogen-bond acceptors (Lipinski definition) is 3. The summed E-state index contributed by atoms with van der Waals surface area (Å²) in [5.41, 5.74) is 8.33. The molecule has 0 aliphatic rings. The van der Waals surface area contributed by atoms with Gasteiger partial charge in [0.15, 0.2) is 0 Å². The zero-order valence-electron chi connectivity index (χ0n) is 8.01. The average molecular weight is 195 g/mol. The predicted octanol–water partition coefficient (Wildman–Crippen LogP) is 2.37. The number of aromatic nitrogens is 2. The summed E-state index contributed by atoms with van der Waals surface area (Å²) >= 11 is 0. The van der Waals surface area contributed by atoms with Crippen molar-refractivity contribution in [3.63, 3.8) is 0 Å². The summed E-state index contributed by atoms with van der Waals surface area (Å²) in [6.07, 6.45) is 3.59. The lowest BCUT2D eigenvalue weighted by Gasteiger charge is -2.03. The zero-order chi connectivity index (χ0) is 10.3. The molecule has 0 fully saturated rings. The van der Waals surface area contributed by atoms with Crippen molar-refractivity contribution in [2.45, 2.75) is 0 Å². The van der Waals surface area contributed by atoms with Crippen LogP contribution in [0, 0.1) is 0 Å². The van der Waals surface area contributed by atoms with Gasteiger partial charge in [-0.1, -0.05) is 12.1 Å². The Bertz CT molecular complexity index is 646. The number of pyridine rings is 2. The van der Waals surface area contributed by atoms with Crippen molar-refractivity contribution in [1.82, 2.24) is 9.97 Å². The minimum atomic E-state index is 0.694. The molecule has 0 saturated heterocycles. The summed E-state index contributed by atoms with van der Waals surface area (Å²) in [6.45, 7) is 0. The maximum Gasteiger partial charge on any atom is 0.0953 e. The Morgan fingerprint density at radius 2 is 1.87 bits per heavy atom. The maximum atomic E-state index is 5.86. The lowest BCUT2D eigenvalue weighted by molar-refractivity contribution is 1.38. The van der Waals surface area contributed by atoms with Gasteiger partial charge in [0.1, 0.15) is 0 Å². The van der Waals surface area contributed by atoms with Crippen LogP contribution in [0.1, 0.15) is 0 Å². The molecule has 0 radical (unpaired) electrons. The second-order valence-electron chi connectivity index (χ2n) is 3.44. The van der Waals surface area contributed by atoms with Gasteiger partial charge in [-0.05, 0) is 18.2 Å². The Labute approximate surface area is 86.6 Å². The minimum Gasteiger partial charge on any atom is -0.397 e. The Hall–Kier alpha value is -2.16. The van der Waals surface area contributed by atoms with Crippen LogP contribution in [-0.2, 0) is 0 Å². The fourth-order valence-corrected chi connectivity index (χ4v) is 1.78. The fourth-order valence-electron chi connectivity index (χ4n) is 1.78. The normalized spacial score (nSPS) is 10.9. The van der Waals surface area contributed by atoms with Gasteiger partial charge in [0, 0.05) is 23.2 Å². The molecule has 1 aromatic carbocycles. The van der Waals surface area contributed by atoms with Gasteiger partial charge in [0.2, 0.25) is 0 Å². The average Bonchev–Trinajstić information content (AvgIpc) is 2.29. The van der Waals surface area contributed by atoms with Gasteiger partial charge in [0.05, 0.1) is 16.7 Å². The highest BCUT2D eigenvalue weighted by molar-refractivity contribution is 6.06. The molecule has 0 saturated carbocycles. The topological polar surface area (TPSA) is 51.8 Å². The number of fused-ring (bicyclic) bond motifs is 3. The fraction of sp³-hybridized carbons (Fsp3) is 0. The quantitative estimate of drug-likeness (QED) is 0.442. The first-order chi connectivity index (χ1) is 7.36. The van der Waals surface area contributed by atoms with Crippen molar-refractivity contribution in [3.8, 4) is 0 Å². The number of nitrogen functional groups attached to an aromatic ring is 1. The molecule has 0 unspecified atom stereocenters. The molecular weight excluding hydrogens is 186 g/mol. The van der Waals surface area contributed by atoms with E-state index in [-0.39, 0.29) is 0 Å². The molecular formula is C12H9N3. The molecule has 2 heterocycles. The van der Waals surface area contributed by atoms with Crippen LogP contribution in [0.15, 0.2) is 42.7 Å². The highest BCUT2D eigenvalue weighted by Crippen LogP contribution is 2.24. The van der Waals surface area contributed by atoms with Gasteiger partial charge in [0.25, 0.3) is 0 Å². The van der Waals surface area contributed by atoms with Crippen LogP contribution < -0.4 is 5.73 Å². The second kappa shape index (κ2) is 2.92. The summed E-state index contributed by atoms with van der Waals surface area (Å²) < 4.78 is 0. The van der Waals surface area contributed by atoms with E-state index in [1.54, 1.807) is 12.4 Å². The van der Waals surface area contributed by atoms with Gasteiger partial charge in [-0.25, -0.2) is 0 Å². The van der Waals surface area contributed by atoms with Crippen LogP contribution in [-0.4, -0.2) is 9.97 Å². The standard InChI is InChI=1S/C12H9N3/c13-10-5-1-4-9-11-8(3-2-6-14-11)7-15-12(9)10/h1-7H,13H2. The summed E-state index contributed by atoms with van der Waals surface area (Å²) in [5, 5.41) is 2.05. The summed E-state index contributed by atoms with van der Waals surface area (Å²) in [6, 6.07) is 9.67. The smallest absolute Gasteiger partial charge is 0.0953 e. The van der Waals surface area contributed by atoms with Crippen molar-refractivity contribution in [2.24, 2.45) is 0 Å². The molecule has 0 spiro atoms. The van der Waals surface area contributed by atoms with E-state index in [2.05, 4.69) is 9.97 Å². The van der Waals surface area contributed by atoms with Gasteiger partial charge >= 0.3 is 0 Å². The van der Waals surface area contributed by atoms with Crippen LogP contribution in [0.5, 0.6) is 0 Å². The largest absolute Gasteiger partial charge is 0.397 e. The minimum absolute atomic E-state index is 0.694. The third-order valence-electron chi connectivity index (χ3n) is 2.49. The second-order valence-corrected chi connectivity index (χ2v) is 3.44. The monoisotopic (exact) mass is 195 g/mol. The number of anilines is 1. The first-order valence-corrected chi connectivity index (χ1v) is 4.74. The Morgan fingerprint density at radius 3 is 2.80 bits per heavy atom. The summed E-state index contributed by atoms with van der Waals surface area (Å²) in [5.74, 6) is 0. The molecule has 0 aliphatic heterocycles. The van der Waals surface area contributed by atoms with Crippen LogP contribution in [0.25, 0.3) is 21.8 Å². The van der Waals surface area contributed by atoms with E-state index >= 15 is 0 Å². The third-order valence-corrected chi connectivity index (χ3v) is 2.49. The number of nitrogens with two attached hydrogens (primary N) is 1. The van der Waals surface area contributed by atoms with Crippen molar-refractivity contribution in [3.05, 3.63) is 42.7 Å². The Balaban J connectivity index is 2.60. The van der Waals surface area contributed by atoms with Gasteiger partial charge in [-0.3, -0.25) is 9.97 Å². The van der Waals surface area contributed by atoms with Crippen LogP contribution >= 0.6 is 0 Å². The lowest BCUT2D eigenvalue weighted by atomic mass is 10.1. The first kappa shape index (κ1) is 8.17. The maximum absolute atomic E-state index is 5.86.